The first-order valence-electron chi connectivity index (χ1n) is 40.7. The van der Waals surface area contributed by atoms with Crippen LogP contribution in [0.3, 0.4) is 0 Å². The van der Waals surface area contributed by atoms with Crippen LogP contribution in [0.25, 0.3) is 230 Å². The smallest absolute Gasteiger partial charge is 0.0789 e. The molecule has 0 saturated heterocycles. The Morgan fingerprint density at radius 2 is 0.381 bits per heavy atom. The van der Waals surface area contributed by atoms with E-state index in [9.17, 15) is 0 Å². The highest BCUT2D eigenvalue weighted by molar-refractivity contribution is 6.28. The number of hydrogen-bond donors (Lipinski definition) is 0. The highest BCUT2D eigenvalue weighted by atomic mass is 15.1. The molecule has 0 unspecified atom stereocenters. The largest absolute Gasteiger partial charge is 0.309 e. The zero-order valence-corrected chi connectivity index (χ0v) is 64.1. The molecule has 6 heterocycles. The van der Waals surface area contributed by atoms with Gasteiger partial charge >= 0.3 is 0 Å². The van der Waals surface area contributed by atoms with Gasteiger partial charge in [0.1, 0.15) is 0 Å². The molecule has 0 saturated carbocycles. The van der Waals surface area contributed by atoms with Crippen molar-refractivity contribution in [1.29, 1.82) is 0 Å². The lowest BCUT2D eigenvalue weighted by molar-refractivity contribution is 1.16. The predicted molar refractivity (Wildman–Crippen MR) is 500 cm³/mol. The average Bonchev–Trinajstić information content (AvgIpc) is 1.54. The summed E-state index contributed by atoms with van der Waals surface area (Å²) >= 11 is 0. The van der Waals surface area contributed by atoms with Crippen LogP contribution in [0.1, 0.15) is 0 Å². The van der Waals surface area contributed by atoms with Crippen molar-refractivity contribution in [2.75, 3.05) is 0 Å². The summed E-state index contributed by atoms with van der Waals surface area (Å²) in [6, 6.07) is 156. The van der Waals surface area contributed by atoms with E-state index in [-0.39, 0.29) is 0 Å². The minimum absolute atomic E-state index is 1.15. The first-order valence-corrected chi connectivity index (χ1v) is 40.7. The third-order valence-electron chi connectivity index (χ3n) is 25.2. The molecule has 0 bridgehead atoms. The van der Waals surface area contributed by atoms with Crippen molar-refractivity contribution in [2.45, 2.75) is 0 Å². The van der Waals surface area contributed by atoms with Gasteiger partial charge in [-0.1, -0.05) is 297 Å². The van der Waals surface area contributed by atoms with E-state index in [0.717, 1.165) is 11.4 Å². The fourth-order valence-corrected chi connectivity index (χ4v) is 20.1. The standard InChI is InChI=1S/2C56H35N3/c1-2-18-40(19-3-1)57-51-24-10-8-22-43(51)45-30-31-46-48-35-39(29-33-54(48)59(56(46)55(45)57)50-27-13-17-37-15-5-7-21-42(37)50)38-28-32-53-47(34-38)44-23-9-11-25-52(44)58(53)49-26-12-16-36-14-4-6-20-41(36)49;1-2-18-40(19-3-1)57-51-25-11-9-23-45(51)55-54(57)33-30-44-47-35-39(29-32-53(47)59(56(44)55)49-27-13-17-37-15-5-7-21-42(37)49)38-28-31-52-46(34-38)43-22-8-10-24-50(43)58(52)48-26-12-16-36-14-4-6-20-41(36)48/h2*1-35H. The Labute approximate surface area is 677 Å². The van der Waals surface area contributed by atoms with Gasteiger partial charge in [0, 0.05) is 97.6 Å². The fourth-order valence-electron chi connectivity index (χ4n) is 20.1. The van der Waals surface area contributed by atoms with Crippen molar-refractivity contribution in [3.63, 3.8) is 0 Å². The summed E-state index contributed by atoms with van der Waals surface area (Å²) < 4.78 is 14.8. The van der Waals surface area contributed by atoms with Gasteiger partial charge in [-0.25, -0.2) is 0 Å². The van der Waals surface area contributed by atoms with Gasteiger partial charge in [-0.15, -0.1) is 0 Å². The van der Waals surface area contributed by atoms with Gasteiger partial charge in [0.15, 0.2) is 0 Å². The summed E-state index contributed by atoms with van der Waals surface area (Å²) in [5.41, 5.74) is 26.3. The van der Waals surface area contributed by atoms with E-state index >= 15 is 0 Å². The molecule has 0 aliphatic heterocycles. The maximum Gasteiger partial charge on any atom is 0.0789 e. The molecule has 0 aliphatic rings. The van der Waals surface area contributed by atoms with Crippen molar-refractivity contribution >= 4 is 174 Å². The summed E-state index contributed by atoms with van der Waals surface area (Å²) in [5.74, 6) is 0. The number of benzene rings is 20. The SMILES string of the molecule is c1ccc(-n2c3ccccc3c3c2ccc2c4cc(-c5ccc6c(c5)c5ccccc5n6-c5cccc6ccccc56)ccc4n(-c4cccc5ccccc45)c23)cc1.c1ccc(-n2c3ccccc3c3ccc4c5cc(-c6ccc7c(c6)c6ccccc6n7-c6cccc7ccccc67)ccc5n(-c5cccc6ccccc56)c4c32)cc1. The first kappa shape index (κ1) is 65.8. The summed E-state index contributed by atoms with van der Waals surface area (Å²) in [4.78, 5) is 0. The number of aromatic nitrogens is 6. The lowest BCUT2D eigenvalue weighted by Gasteiger charge is -2.14. The van der Waals surface area contributed by atoms with Crippen LogP contribution in [0.2, 0.25) is 0 Å². The van der Waals surface area contributed by atoms with Gasteiger partial charge in [0.05, 0.1) is 88.9 Å². The molecule has 548 valence electrons. The molecule has 6 heteroatoms. The molecule has 0 amide bonds. The van der Waals surface area contributed by atoms with Crippen molar-refractivity contribution in [3.05, 3.63) is 425 Å². The molecule has 26 aromatic rings. The minimum Gasteiger partial charge on any atom is -0.309 e. The molecule has 118 heavy (non-hydrogen) atoms. The molecule has 0 atom stereocenters. The zero-order valence-electron chi connectivity index (χ0n) is 64.1. The summed E-state index contributed by atoms with van der Waals surface area (Å²) in [5, 5.41) is 24.8. The van der Waals surface area contributed by atoms with Crippen LogP contribution < -0.4 is 0 Å². The third kappa shape index (κ3) is 9.75. The van der Waals surface area contributed by atoms with E-state index < -0.39 is 0 Å². The van der Waals surface area contributed by atoms with Gasteiger partial charge in [0.25, 0.3) is 0 Å². The van der Waals surface area contributed by atoms with E-state index in [1.807, 2.05) is 0 Å². The van der Waals surface area contributed by atoms with Gasteiger partial charge < -0.3 is 27.4 Å². The van der Waals surface area contributed by atoms with Crippen LogP contribution >= 0.6 is 0 Å². The Morgan fingerprint density at radius 3 is 0.805 bits per heavy atom. The molecule has 0 fully saturated rings. The van der Waals surface area contributed by atoms with Gasteiger partial charge in [0.2, 0.25) is 0 Å². The van der Waals surface area contributed by atoms with Crippen molar-refractivity contribution in [3.8, 4) is 56.4 Å². The predicted octanol–water partition coefficient (Wildman–Crippen LogP) is 29.9. The number of nitrogens with zero attached hydrogens (tertiary/aromatic N) is 6. The molecule has 0 N–H and O–H groups in total. The van der Waals surface area contributed by atoms with Crippen molar-refractivity contribution in [2.24, 2.45) is 0 Å². The number of para-hydroxylation sites is 6. The first-order chi connectivity index (χ1) is 58.6. The Bertz CT molecular complexity index is 8670. The van der Waals surface area contributed by atoms with E-state index in [1.54, 1.807) is 0 Å². The summed E-state index contributed by atoms with van der Waals surface area (Å²) in [6.45, 7) is 0. The Kier molecular flexibility index (Phi) is 14.4. The Hall–Kier alpha value is -15.8. The van der Waals surface area contributed by atoms with E-state index in [4.69, 9.17) is 0 Å². The van der Waals surface area contributed by atoms with Gasteiger partial charge in [-0.2, -0.15) is 0 Å². The second-order valence-corrected chi connectivity index (χ2v) is 31.4. The molecule has 6 aromatic heterocycles. The second-order valence-electron chi connectivity index (χ2n) is 31.4. The van der Waals surface area contributed by atoms with Gasteiger partial charge in [-0.05, 0) is 171 Å². The van der Waals surface area contributed by atoms with Gasteiger partial charge in [-0.3, -0.25) is 0 Å². The van der Waals surface area contributed by atoms with Crippen LogP contribution in [0.5, 0.6) is 0 Å². The van der Waals surface area contributed by atoms with Crippen molar-refractivity contribution in [1.82, 2.24) is 27.4 Å². The molecule has 0 aliphatic carbocycles. The summed E-state index contributed by atoms with van der Waals surface area (Å²) in [6.07, 6.45) is 0. The highest BCUT2D eigenvalue weighted by Gasteiger charge is 2.27. The Balaban J connectivity index is 0.000000131. The third-order valence-corrected chi connectivity index (χ3v) is 25.2. The molecule has 0 radical (unpaired) electrons. The lowest BCUT2D eigenvalue weighted by Crippen LogP contribution is -1.99. The highest BCUT2D eigenvalue weighted by Crippen LogP contribution is 2.49. The number of rotatable bonds is 8. The van der Waals surface area contributed by atoms with E-state index in [2.05, 4.69) is 452 Å². The van der Waals surface area contributed by atoms with Crippen LogP contribution in [0.15, 0.2) is 425 Å². The van der Waals surface area contributed by atoms with E-state index in [0.29, 0.717) is 0 Å². The summed E-state index contributed by atoms with van der Waals surface area (Å²) in [7, 11) is 0. The number of fused-ring (bicyclic) bond motifs is 24. The van der Waals surface area contributed by atoms with Crippen LogP contribution in [-0.2, 0) is 0 Å². The molecular weight excluding hydrogens is 1430 g/mol. The molecule has 6 nitrogen and oxygen atoms in total. The number of hydrogen-bond acceptors (Lipinski definition) is 0. The molecule has 0 spiro atoms. The molecule has 26 rings (SSSR count). The quantitative estimate of drug-likeness (QED) is 0.145. The minimum atomic E-state index is 1.15. The Morgan fingerprint density at radius 1 is 0.127 bits per heavy atom. The average molecular weight is 1500 g/mol. The normalized spacial score (nSPS) is 12.1. The van der Waals surface area contributed by atoms with Crippen LogP contribution in [-0.4, -0.2) is 27.4 Å². The van der Waals surface area contributed by atoms with E-state index in [1.165, 1.54) is 219 Å². The zero-order chi connectivity index (χ0) is 77.2. The molecule has 20 aromatic carbocycles. The van der Waals surface area contributed by atoms with Crippen LogP contribution in [0.4, 0.5) is 0 Å². The monoisotopic (exact) mass is 1500 g/mol. The lowest BCUT2D eigenvalue weighted by atomic mass is 10.00. The van der Waals surface area contributed by atoms with Crippen LogP contribution in [0, 0.1) is 0 Å². The maximum absolute atomic E-state index is 2.53. The maximum atomic E-state index is 2.53. The second kappa shape index (κ2) is 25.9. The van der Waals surface area contributed by atoms with Crippen molar-refractivity contribution < 1.29 is 0 Å². The fraction of sp³-hybridized carbons (Fsp3) is 0. The topological polar surface area (TPSA) is 29.6 Å². The molecular formula is C112H70N6.